The van der Waals surface area contributed by atoms with E-state index in [4.69, 9.17) is 4.74 Å². The molecule has 1 N–H and O–H groups in total. The van der Waals surface area contributed by atoms with Gasteiger partial charge in [-0.2, -0.15) is 0 Å². The molecule has 0 aromatic carbocycles. The molecular formula is C29H54O4. The van der Waals surface area contributed by atoms with Gasteiger partial charge in [0.25, 0.3) is 0 Å². The van der Waals surface area contributed by atoms with Crippen molar-refractivity contribution in [2.24, 2.45) is 5.92 Å². The van der Waals surface area contributed by atoms with E-state index < -0.39 is 11.9 Å². The average molecular weight is 467 g/mol. The molecule has 0 radical (unpaired) electrons. The molecule has 0 saturated heterocycles. The van der Waals surface area contributed by atoms with Crippen molar-refractivity contribution >= 4 is 11.9 Å². The van der Waals surface area contributed by atoms with Crippen LogP contribution >= 0.6 is 0 Å². The predicted molar refractivity (Wildman–Crippen MR) is 140 cm³/mol. The van der Waals surface area contributed by atoms with E-state index in [0.29, 0.717) is 13.0 Å². The molecule has 0 aromatic heterocycles. The van der Waals surface area contributed by atoms with Gasteiger partial charge in [0.1, 0.15) is 0 Å². The highest BCUT2D eigenvalue weighted by atomic mass is 16.5. The molecule has 0 fully saturated rings. The SMILES string of the molecule is CCC/C=C/CCCCCCCCCCCCCCCCCC(CC(=O)OCCC)C(=O)O. The molecule has 0 spiro atoms. The number of carboxylic acids is 1. The van der Waals surface area contributed by atoms with Gasteiger partial charge in [-0.25, -0.2) is 0 Å². The van der Waals surface area contributed by atoms with E-state index in [9.17, 15) is 14.7 Å². The highest BCUT2D eigenvalue weighted by Crippen LogP contribution is 2.18. The van der Waals surface area contributed by atoms with Crippen LogP contribution in [-0.4, -0.2) is 23.7 Å². The highest BCUT2D eigenvalue weighted by molar-refractivity contribution is 5.78. The van der Waals surface area contributed by atoms with Crippen molar-refractivity contribution in [3.8, 4) is 0 Å². The summed E-state index contributed by atoms with van der Waals surface area (Å²) in [6.45, 7) is 4.54. The summed E-state index contributed by atoms with van der Waals surface area (Å²) in [4.78, 5) is 23.0. The van der Waals surface area contributed by atoms with Gasteiger partial charge in [0.05, 0.1) is 18.9 Å². The van der Waals surface area contributed by atoms with Gasteiger partial charge in [0.15, 0.2) is 0 Å². The smallest absolute Gasteiger partial charge is 0.307 e. The lowest BCUT2D eigenvalue weighted by Crippen LogP contribution is -2.19. The van der Waals surface area contributed by atoms with E-state index in [2.05, 4.69) is 19.1 Å². The van der Waals surface area contributed by atoms with E-state index >= 15 is 0 Å². The molecule has 0 amide bonds. The number of aliphatic carboxylic acids is 1. The Hall–Kier alpha value is -1.32. The number of ether oxygens (including phenoxy) is 1. The topological polar surface area (TPSA) is 63.6 Å². The Bertz CT molecular complexity index is 472. The van der Waals surface area contributed by atoms with Crippen LogP contribution in [0.15, 0.2) is 12.2 Å². The quantitative estimate of drug-likeness (QED) is 0.0828. The molecule has 0 aliphatic heterocycles. The van der Waals surface area contributed by atoms with E-state index in [0.717, 1.165) is 19.3 Å². The number of allylic oxidation sites excluding steroid dienone is 2. The average Bonchev–Trinajstić information content (AvgIpc) is 2.80. The van der Waals surface area contributed by atoms with Gasteiger partial charge in [0, 0.05) is 0 Å². The first kappa shape index (κ1) is 31.7. The van der Waals surface area contributed by atoms with Crippen LogP contribution < -0.4 is 0 Å². The normalized spacial score (nSPS) is 12.3. The summed E-state index contributed by atoms with van der Waals surface area (Å²) in [6, 6.07) is 0. The molecule has 4 heteroatoms. The van der Waals surface area contributed by atoms with Gasteiger partial charge >= 0.3 is 11.9 Å². The number of carbonyl (C=O) groups excluding carboxylic acids is 1. The van der Waals surface area contributed by atoms with Crippen LogP contribution in [0, 0.1) is 5.92 Å². The molecule has 4 nitrogen and oxygen atoms in total. The van der Waals surface area contributed by atoms with Gasteiger partial charge in [-0.3, -0.25) is 9.59 Å². The first-order valence-electron chi connectivity index (χ1n) is 14.1. The lowest BCUT2D eigenvalue weighted by molar-refractivity contribution is -0.151. The van der Waals surface area contributed by atoms with E-state index in [1.54, 1.807) is 0 Å². The zero-order chi connectivity index (χ0) is 24.4. The summed E-state index contributed by atoms with van der Waals surface area (Å²) < 4.78 is 5.01. The van der Waals surface area contributed by atoms with Crippen LogP contribution in [0.4, 0.5) is 0 Å². The molecule has 0 aromatic rings. The number of carbonyl (C=O) groups is 2. The van der Waals surface area contributed by atoms with Gasteiger partial charge in [0.2, 0.25) is 0 Å². The number of rotatable bonds is 25. The number of hydrogen-bond acceptors (Lipinski definition) is 3. The number of carboxylic acid groups (broad SMARTS) is 1. The summed E-state index contributed by atoms with van der Waals surface area (Å²) in [6.07, 6.45) is 29.2. The van der Waals surface area contributed by atoms with Crippen LogP contribution in [0.5, 0.6) is 0 Å². The van der Waals surface area contributed by atoms with E-state index in [1.165, 1.54) is 103 Å². The van der Waals surface area contributed by atoms with Crippen molar-refractivity contribution in [1.82, 2.24) is 0 Å². The summed E-state index contributed by atoms with van der Waals surface area (Å²) in [5.74, 6) is -1.85. The van der Waals surface area contributed by atoms with Crippen LogP contribution in [0.25, 0.3) is 0 Å². The van der Waals surface area contributed by atoms with Crippen LogP contribution in [0.2, 0.25) is 0 Å². The monoisotopic (exact) mass is 466 g/mol. The predicted octanol–water partition coefficient (Wildman–Crippen LogP) is 9.02. The van der Waals surface area contributed by atoms with Crippen molar-refractivity contribution in [3.05, 3.63) is 12.2 Å². The van der Waals surface area contributed by atoms with Crippen molar-refractivity contribution in [2.75, 3.05) is 6.61 Å². The third kappa shape index (κ3) is 23.6. The second kappa shape index (κ2) is 25.3. The minimum absolute atomic E-state index is 0.00601. The van der Waals surface area contributed by atoms with Crippen molar-refractivity contribution in [1.29, 1.82) is 0 Å². The Morgan fingerprint density at radius 2 is 1.12 bits per heavy atom. The van der Waals surface area contributed by atoms with Gasteiger partial charge in [-0.1, -0.05) is 122 Å². The standard InChI is InChI=1S/C29H54O4/c1-3-5-6-7-8-9-10-11-12-13-14-15-16-17-18-19-20-21-22-23-24-27(29(31)32)26-28(30)33-25-4-2/h6-7,27H,3-5,8-26H2,1-2H3,(H,31,32)/b7-6+. The Morgan fingerprint density at radius 3 is 1.58 bits per heavy atom. The Kier molecular flexibility index (Phi) is 24.3. The fourth-order valence-electron chi connectivity index (χ4n) is 4.14. The van der Waals surface area contributed by atoms with Crippen molar-refractivity contribution < 1.29 is 19.4 Å². The van der Waals surface area contributed by atoms with Gasteiger partial charge < -0.3 is 9.84 Å². The first-order chi connectivity index (χ1) is 16.1. The molecule has 0 saturated carbocycles. The lowest BCUT2D eigenvalue weighted by atomic mass is 9.97. The molecule has 1 unspecified atom stereocenters. The maximum Gasteiger partial charge on any atom is 0.307 e. The van der Waals surface area contributed by atoms with Gasteiger partial charge in [-0.05, 0) is 32.1 Å². The molecule has 0 heterocycles. The second-order valence-corrected chi connectivity index (χ2v) is 9.60. The number of esters is 1. The molecule has 0 aliphatic carbocycles. The summed E-state index contributed by atoms with van der Waals surface area (Å²) in [5, 5.41) is 9.30. The Morgan fingerprint density at radius 1 is 0.667 bits per heavy atom. The minimum atomic E-state index is -0.876. The van der Waals surface area contributed by atoms with Crippen molar-refractivity contribution in [3.63, 3.8) is 0 Å². The number of hydrogen-bond donors (Lipinski definition) is 1. The molecule has 33 heavy (non-hydrogen) atoms. The number of unbranched alkanes of at least 4 members (excludes halogenated alkanes) is 16. The second-order valence-electron chi connectivity index (χ2n) is 9.60. The lowest BCUT2D eigenvalue weighted by Gasteiger charge is -2.11. The maximum absolute atomic E-state index is 11.6. The third-order valence-corrected chi connectivity index (χ3v) is 6.27. The van der Waals surface area contributed by atoms with E-state index in [1.807, 2.05) is 6.92 Å². The molecular weight excluding hydrogens is 412 g/mol. The fraction of sp³-hybridized carbons (Fsp3) is 0.862. The Labute approximate surface area is 204 Å². The summed E-state index contributed by atoms with van der Waals surface area (Å²) in [5.41, 5.74) is 0. The summed E-state index contributed by atoms with van der Waals surface area (Å²) >= 11 is 0. The Balaban J connectivity index is 3.37. The third-order valence-electron chi connectivity index (χ3n) is 6.27. The van der Waals surface area contributed by atoms with E-state index in [-0.39, 0.29) is 12.4 Å². The zero-order valence-electron chi connectivity index (χ0n) is 22.0. The molecule has 194 valence electrons. The first-order valence-corrected chi connectivity index (χ1v) is 14.1. The molecule has 1 atom stereocenters. The van der Waals surface area contributed by atoms with Crippen LogP contribution in [-0.2, 0) is 14.3 Å². The highest BCUT2D eigenvalue weighted by Gasteiger charge is 2.21. The zero-order valence-corrected chi connectivity index (χ0v) is 22.0. The fourth-order valence-corrected chi connectivity index (χ4v) is 4.14. The minimum Gasteiger partial charge on any atom is -0.481 e. The largest absolute Gasteiger partial charge is 0.481 e. The summed E-state index contributed by atoms with van der Waals surface area (Å²) in [7, 11) is 0. The van der Waals surface area contributed by atoms with Crippen LogP contribution in [0.3, 0.4) is 0 Å². The maximum atomic E-state index is 11.6. The van der Waals surface area contributed by atoms with Crippen molar-refractivity contribution in [2.45, 2.75) is 149 Å². The molecule has 0 aliphatic rings. The molecule has 0 rings (SSSR count). The molecule has 0 bridgehead atoms. The van der Waals surface area contributed by atoms with Gasteiger partial charge in [-0.15, -0.1) is 0 Å². The van der Waals surface area contributed by atoms with Crippen LogP contribution in [0.1, 0.15) is 149 Å².